The van der Waals surface area contributed by atoms with E-state index < -0.39 is 5.97 Å². The van der Waals surface area contributed by atoms with Gasteiger partial charge in [0.15, 0.2) is 0 Å². The van der Waals surface area contributed by atoms with Crippen LogP contribution in [0.1, 0.15) is 11.5 Å². The third-order valence-electron chi connectivity index (χ3n) is 1.98. The second-order valence-corrected chi connectivity index (χ2v) is 4.31. The van der Waals surface area contributed by atoms with Gasteiger partial charge in [-0.3, -0.25) is 4.79 Å². The van der Waals surface area contributed by atoms with Crippen LogP contribution in [-0.4, -0.2) is 21.0 Å². The molecule has 5 heteroatoms. The number of aromatic nitrogens is 2. The van der Waals surface area contributed by atoms with E-state index in [2.05, 4.69) is 9.97 Å². The molecule has 2 aromatic rings. The van der Waals surface area contributed by atoms with Gasteiger partial charge in [0.25, 0.3) is 0 Å². The minimum absolute atomic E-state index is 0.139. The minimum atomic E-state index is -0.914. The van der Waals surface area contributed by atoms with E-state index in [0.717, 1.165) is 16.3 Å². The molecule has 16 heavy (non-hydrogen) atoms. The first-order valence-electron chi connectivity index (χ1n) is 4.75. The molecule has 2 aromatic heterocycles. The molecule has 0 bridgehead atoms. The molecule has 0 radical (unpaired) electrons. The zero-order chi connectivity index (χ0) is 11.5. The van der Waals surface area contributed by atoms with Crippen LogP contribution >= 0.6 is 11.3 Å². The Hall–Kier alpha value is -1.75. The van der Waals surface area contributed by atoms with Crippen LogP contribution < -0.4 is 0 Å². The van der Waals surface area contributed by atoms with Gasteiger partial charge >= 0.3 is 5.97 Å². The average Bonchev–Trinajstić information content (AvgIpc) is 2.67. The summed E-state index contributed by atoms with van der Waals surface area (Å²) in [6, 6.07) is 5.75. The Morgan fingerprint density at radius 1 is 1.50 bits per heavy atom. The summed E-state index contributed by atoms with van der Waals surface area (Å²) >= 11 is 1.57. The molecule has 1 N–H and O–H groups in total. The number of carboxylic acids is 1. The first kappa shape index (κ1) is 10.8. The maximum atomic E-state index is 10.6. The average molecular weight is 234 g/mol. The van der Waals surface area contributed by atoms with Crippen molar-refractivity contribution in [3.63, 3.8) is 0 Å². The van der Waals surface area contributed by atoms with E-state index in [0.29, 0.717) is 5.82 Å². The van der Waals surface area contributed by atoms with Crippen molar-refractivity contribution in [2.45, 2.75) is 13.3 Å². The zero-order valence-corrected chi connectivity index (χ0v) is 9.49. The van der Waals surface area contributed by atoms with Gasteiger partial charge in [-0.25, -0.2) is 9.97 Å². The fraction of sp³-hybridized carbons (Fsp3) is 0.182. The van der Waals surface area contributed by atoms with Crippen molar-refractivity contribution in [1.82, 2.24) is 9.97 Å². The minimum Gasteiger partial charge on any atom is -0.481 e. The van der Waals surface area contributed by atoms with Gasteiger partial charge in [0.2, 0.25) is 0 Å². The Kier molecular flexibility index (Phi) is 2.96. The van der Waals surface area contributed by atoms with Gasteiger partial charge in [-0.15, -0.1) is 11.3 Å². The second-order valence-electron chi connectivity index (χ2n) is 3.36. The van der Waals surface area contributed by atoms with Gasteiger partial charge in [0.05, 0.1) is 10.6 Å². The maximum Gasteiger partial charge on any atom is 0.311 e. The van der Waals surface area contributed by atoms with Gasteiger partial charge in [0.1, 0.15) is 12.2 Å². The van der Waals surface area contributed by atoms with E-state index in [4.69, 9.17) is 5.11 Å². The van der Waals surface area contributed by atoms with Crippen LogP contribution in [0.15, 0.2) is 23.6 Å². The van der Waals surface area contributed by atoms with E-state index in [-0.39, 0.29) is 6.42 Å². The van der Waals surface area contributed by atoms with Gasteiger partial charge in [-0.1, -0.05) is 6.07 Å². The van der Waals surface area contributed by atoms with Crippen molar-refractivity contribution in [3.8, 4) is 10.6 Å². The molecule has 0 aliphatic rings. The summed E-state index contributed by atoms with van der Waals surface area (Å²) < 4.78 is 0. The lowest BCUT2D eigenvalue weighted by Crippen LogP contribution is -2.06. The van der Waals surface area contributed by atoms with Crippen LogP contribution in [0.2, 0.25) is 0 Å². The Balaban J connectivity index is 2.40. The molecule has 0 atom stereocenters. The largest absolute Gasteiger partial charge is 0.481 e. The van der Waals surface area contributed by atoms with Crippen molar-refractivity contribution in [1.29, 1.82) is 0 Å². The first-order valence-corrected chi connectivity index (χ1v) is 5.63. The Bertz CT molecular complexity index is 509. The lowest BCUT2D eigenvalue weighted by Gasteiger charge is -2.02. The van der Waals surface area contributed by atoms with E-state index in [1.54, 1.807) is 11.3 Å². The molecular weight excluding hydrogens is 224 g/mol. The molecule has 0 aliphatic heterocycles. The lowest BCUT2D eigenvalue weighted by atomic mass is 10.2. The summed E-state index contributed by atoms with van der Waals surface area (Å²) in [5.74, 6) is -0.557. The number of carboxylic acid groups (broad SMARTS) is 1. The van der Waals surface area contributed by atoms with Crippen molar-refractivity contribution in [2.75, 3.05) is 0 Å². The quantitative estimate of drug-likeness (QED) is 0.883. The van der Waals surface area contributed by atoms with Crippen LogP contribution in [0.3, 0.4) is 0 Å². The van der Waals surface area contributed by atoms with Crippen molar-refractivity contribution >= 4 is 17.3 Å². The van der Waals surface area contributed by atoms with Crippen LogP contribution in [-0.2, 0) is 11.2 Å². The van der Waals surface area contributed by atoms with E-state index in [9.17, 15) is 4.79 Å². The number of aryl methyl sites for hydroxylation is 1. The zero-order valence-electron chi connectivity index (χ0n) is 8.67. The third-order valence-corrected chi connectivity index (χ3v) is 2.88. The summed E-state index contributed by atoms with van der Waals surface area (Å²) in [5.41, 5.74) is 1.58. The number of aliphatic carboxylic acids is 1. The predicted octanol–water partition coefficient (Wildman–Crippen LogP) is 2.14. The molecule has 4 nitrogen and oxygen atoms in total. The molecule has 82 valence electrons. The van der Waals surface area contributed by atoms with Crippen LogP contribution in [0, 0.1) is 6.92 Å². The van der Waals surface area contributed by atoms with Crippen LogP contribution in [0.5, 0.6) is 0 Å². The van der Waals surface area contributed by atoms with Crippen LogP contribution in [0.25, 0.3) is 10.6 Å². The predicted molar refractivity (Wildman–Crippen MR) is 61.4 cm³/mol. The Labute approximate surface area is 96.6 Å². The Morgan fingerprint density at radius 3 is 2.94 bits per heavy atom. The highest BCUT2D eigenvalue weighted by Crippen LogP contribution is 2.23. The lowest BCUT2D eigenvalue weighted by molar-refractivity contribution is -0.136. The van der Waals surface area contributed by atoms with Crippen molar-refractivity contribution in [2.24, 2.45) is 0 Å². The highest BCUT2D eigenvalue weighted by molar-refractivity contribution is 7.13. The van der Waals surface area contributed by atoms with Crippen molar-refractivity contribution in [3.05, 3.63) is 35.1 Å². The number of carbonyl (C=O) groups is 1. The second kappa shape index (κ2) is 4.40. The summed E-state index contributed by atoms with van der Waals surface area (Å²) in [4.78, 5) is 20.0. The highest BCUT2D eigenvalue weighted by Gasteiger charge is 2.08. The molecule has 0 spiro atoms. The standard InChI is InChI=1S/C11H10N2O2S/c1-7-5-8(9-3-2-4-16-9)13-10(12-7)6-11(14)15/h2-5H,6H2,1H3,(H,14,15). The summed E-state index contributed by atoms with van der Waals surface area (Å²) in [6.07, 6.45) is -0.139. The number of nitrogens with zero attached hydrogens (tertiary/aromatic N) is 2. The molecule has 2 heterocycles. The SMILES string of the molecule is Cc1cc(-c2cccs2)nc(CC(=O)O)n1. The monoisotopic (exact) mass is 234 g/mol. The summed E-state index contributed by atoms with van der Waals surface area (Å²) in [7, 11) is 0. The molecule has 0 saturated carbocycles. The fourth-order valence-corrected chi connectivity index (χ4v) is 2.08. The third kappa shape index (κ3) is 2.43. The number of hydrogen-bond donors (Lipinski definition) is 1. The highest BCUT2D eigenvalue weighted by atomic mass is 32.1. The molecule has 0 aliphatic carbocycles. The van der Waals surface area contributed by atoms with Gasteiger partial charge in [-0.05, 0) is 24.4 Å². The number of thiophene rings is 1. The smallest absolute Gasteiger partial charge is 0.311 e. The normalized spacial score (nSPS) is 10.3. The molecule has 0 unspecified atom stereocenters. The molecular formula is C11H10N2O2S. The molecule has 0 fully saturated rings. The Morgan fingerprint density at radius 2 is 2.31 bits per heavy atom. The molecule has 2 rings (SSSR count). The topological polar surface area (TPSA) is 63.1 Å². The van der Waals surface area contributed by atoms with Gasteiger partial charge < -0.3 is 5.11 Å². The van der Waals surface area contributed by atoms with Crippen LogP contribution in [0.4, 0.5) is 0 Å². The van der Waals surface area contributed by atoms with Crippen molar-refractivity contribution < 1.29 is 9.90 Å². The molecule has 0 saturated heterocycles. The molecule has 0 amide bonds. The first-order chi connectivity index (χ1) is 7.65. The summed E-state index contributed by atoms with van der Waals surface area (Å²) in [6.45, 7) is 1.84. The summed E-state index contributed by atoms with van der Waals surface area (Å²) in [5, 5.41) is 10.7. The molecule has 0 aromatic carbocycles. The van der Waals surface area contributed by atoms with Gasteiger partial charge in [0, 0.05) is 5.69 Å². The van der Waals surface area contributed by atoms with E-state index >= 15 is 0 Å². The fourth-order valence-electron chi connectivity index (χ4n) is 1.39. The number of hydrogen-bond acceptors (Lipinski definition) is 4. The van der Waals surface area contributed by atoms with E-state index in [1.165, 1.54) is 0 Å². The maximum absolute atomic E-state index is 10.6. The van der Waals surface area contributed by atoms with E-state index in [1.807, 2.05) is 30.5 Å². The van der Waals surface area contributed by atoms with Gasteiger partial charge in [-0.2, -0.15) is 0 Å². The number of rotatable bonds is 3.